The fourth-order valence-electron chi connectivity index (χ4n) is 2.28. The third-order valence-electron chi connectivity index (χ3n) is 3.13. The number of nitrogens with zero attached hydrogens (tertiary/aromatic N) is 2. The number of imidazole rings is 1. The van der Waals surface area contributed by atoms with Gasteiger partial charge in [-0.15, -0.1) is 0 Å². The van der Waals surface area contributed by atoms with Crippen molar-refractivity contribution in [3.63, 3.8) is 0 Å². The van der Waals surface area contributed by atoms with Gasteiger partial charge in [-0.25, -0.2) is 9.78 Å². The molecule has 0 aliphatic carbocycles. The quantitative estimate of drug-likeness (QED) is 0.711. The van der Waals surface area contributed by atoms with E-state index in [0.29, 0.717) is 5.56 Å². The molecule has 1 N–H and O–H groups in total. The smallest absolute Gasteiger partial charge is 0.335 e. The van der Waals surface area contributed by atoms with Gasteiger partial charge in [0.1, 0.15) is 5.65 Å². The normalized spacial score (nSPS) is 11.2. The number of fused-ring (bicyclic) bond motifs is 3. The molecule has 3 aromatic rings. The van der Waals surface area contributed by atoms with Crippen LogP contribution in [-0.4, -0.2) is 20.5 Å². The maximum atomic E-state index is 11.0. The monoisotopic (exact) mass is 240 g/mol. The van der Waals surface area contributed by atoms with Crippen LogP contribution >= 0.6 is 0 Å². The number of hydrogen-bond acceptors (Lipinski definition) is 2. The molecule has 0 unspecified atom stereocenters. The molecular formula is C14H12N2O2. The molecule has 0 atom stereocenters. The molecule has 1 aromatic carbocycles. The lowest BCUT2D eigenvalue weighted by Gasteiger charge is -2.06. The van der Waals surface area contributed by atoms with Crippen molar-refractivity contribution in [3.05, 3.63) is 47.3 Å². The lowest BCUT2D eigenvalue weighted by molar-refractivity contribution is 0.0697. The second kappa shape index (κ2) is 3.57. The molecule has 0 fully saturated rings. The van der Waals surface area contributed by atoms with E-state index in [9.17, 15) is 4.79 Å². The van der Waals surface area contributed by atoms with Crippen molar-refractivity contribution in [1.29, 1.82) is 0 Å². The molecule has 0 radical (unpaired) electrons. The van der Waals surface area contributed by atoms with Crippen LogP contribution in [0.2, 0.25) is 0 Å². The van der Waals surface area contributed by atoms with E-state index in [-0.39, 0.29) is 0 Å². The molecule has 0 spiro atoms. The molecule has 4 nitrogen and oxygen atoms in total. The SMILES string of the molecule is Cc1cn2c(cc(C)c3ccc(C(=O)O)cc32)n1. The van der Waals surface area contributed by atoms with Gasteiger partial charge in [-0.1, -0.05) is 6.07 Å². The van der Waals surface area contributed by atoms with Crippen LogP contribution < -0.4 is 0 Å². The third-order valence-corrected chi connectivity index (χ3v) is 3.13. The summed E-state index contributed by atoms with van der Waals surface area (Å²) in [5.41, 5.74) is 4.04. The Hall–Kier alpha value is -2.36. The van der Waals surface area contributed by atoms with Gasteiger partial charge in [0, 0.05) is 11.6 Å². The Balaban J connectivity index is 2.50. The minimum atomic E-state index is -0.914. The van der Waals surface area contributed by atoms with Gasteiger partial charge in [-0.2, -0.15) is 0 Å². The van der Waals surface area contributed by atoms with E-state index in [4.69, 9.17) is 5.11 Å². The maximum absolute atomic E-state index is 11.0. The number of carboxylic acid groups (broad SMARTS) is 1. The van der Waals surface area contributed by atoms with Crippen molar-refractivity contribution in [2.24, 2.45) is 0 Å². The number of benzene rings is 1. The molecule has 18 heavy (non-hydrogen) atoms. The number of carbonyl (C=O) groups is 1. The van der Waals surface area contributed by atoms with E-state index in [1.807, 2.05) is 36.6 Å². The molecule has 0 bridgehead atoms. The Morgan fingerprint density at radius 1 is 1.28 bits per heavy atom. The van der Waals surface area contributed by atoms with Gasteiger partial charge in [0.2, 0.25) is 0 Å². The summed E-state index contributed by atoms with van der Waals surface area (Å²) in [6.07, 6.45) is 1.92. The number of carboxylic acids is 1. The zero-order valence-electron chi connectivity index (χ0n) is 10.1. The first-order valence-corrected chi connectivity index (χ1v) is 5.68. The largest absolute Gasteiger partial charge is 0.478 e. The zero-order valence-corrected chi connectivity index (χ0v) is 10.1. The predicted octanol–water partition coefficient (Wildman–Crippen LogP) is 2.80. The maximum Gasteiger partial charge on any atom is 0.335 e. The molecule has 4 heteroatoms. The fourth-order valence-corrected chi connectivity index (χ4v) is 2.28. The van der Waals surface area contributed by atoms with Crippen molar-refractivity contribution < 1.29 is 9.90 Å². The number of pyridine rings is 1. The third kappa shape index (κ3) is 1.46. The van der Waals surface area contributed by atoms with Crippen LogP contribution in [0.4, 0.5) is 0 Å². The first-order chi connectivity index (χ1) is 8.56. The summed E-state index contributed by atoms with van der Waals surface area (Å²) < 4.78 is 1.93. The van der Waals surface area contributed by atoms with E-state index in [1.54, 1.807) is 12.1 Å². The van der Waals surface area contributed by atoms with Crippen molar-refractivity contribution in [3.8, 4) is 0 Å². The molecule has 3 rings (SSSR count). The highest BCUT2D eigenvalue weighted by atomic mass is 16.4. The van der Waals surface area contributed by atoms with Gasteiger partial charge in [0.05, 0.1) is 16.8 Å². The van der Waals surface area contributed by atoms with Crippen LogP contribution in [0.1, 0.15) is 21.6 Å². The minimum Gasteiger partial charge on any atom is -0.478 e. The summed E-state index contributed by atoms with van der Waals surface area (Å²) in [5.74, 6) is -0.914. The lowest BCUT2D eigenvalue weighted by atomic mass is 10.1. The molecule has 0 amide bonds. The standard InChI is InChI=1S/C14H12N2O2/c1-8-5-13-15-9(2)7-16(13)12-6-10(14(17)18)3-4-11(8)12/h3-7H,1-2H3,(H,17,18). The highest BCUT2D eigenvalue weighted by Gasteiger charge is 2.09. The second-order valence-electron chi connectivity index (χ2n) is 4.47. The first kappa shape index (κ1) is 10.8. The van der Waals surface area contributed by atoms with E-state index in [2.05, 4.69) is 4.98 Å². The highest BCUT2D eigenvalue weighted by Crippen LogP contribution is 2.23. The van der Waals surface area contributed by atoms with E-state index in [0.717, 1.165) is 27.8 Å². The minimum absolute atomic E-state index is 0.292. The molecule has 0 aliphatic rings. The summed E-state index contributed by atoms with van der Waals surface area (Å²) in [7, 11) is 0. The summed E-state index contributed by atoms with van der Waals surface area (Å²) in [4.78, 5) is 15.5. The zero-order chi connectivity index (χ0) is 12.9. The van der Waals surface area contributed by atoms with Crippen LogP contribution in [-0.2, 0) is 0 Å². The fraction of sp³-hybridized carbons (Fsp3) is 0.143. The van der Waals surface area contributed by atoms with E-state index >= 15 is 0 Å². The number of aromatic carboxylic acids is 1. The van der Waals surface area contributed by atoms with Crippen molar-refractivity contribution in [2.75, 3.05) is 0 Å². The van der Waals surface area contributed by atoms with Gasteiger partial charge in [-0.05, 0) is 37.6 Å². The van der Waals surface area contributed by atoms with Crippen LogP contribution in [0.25, 0.3) is 16.6 Å². The molecule has 0 saturated heterocycles. The second-order valence-corrected chi connectivity index (χ2v) is 4.47. The van der Waals surface area contributed by atoms with Gasteiger partial charge in [0.15, 0.2) is 0 Å². The first-order valence-electron chi connectivity index (χ1n) is 5.68. The highest BCUT2D eigenvalue weighted by molar-refractivity contribution is 5.95. The van der Waals surface area contributed by atoms with Gasteiger partial charge in [-0.3, -0.25) is 4.40 Å². The average molecular weight is 240 g/mol. The number of aromatic nitrogens is 2. The average Bonchev–Trinajstić information content (AvgIpc) is 2.69. The van der Waals surface area contributed by atoms with Crippen molar-refractivity contribution in [1.82, 2.24) is 9.38 Å². The Morgan fingerprint density at radius 2 is 2.06 bits per heavy atom. The Bertz CT molecular complexity index is 787. The molecule has 2 aromatic heterocycles. The molecule has 2 heterocycles. The number of rotatable bonds is 1. The Morgan fingerprint density at radius 3 is 2.78 bits per heavy atom. The number of aryl methyl sites for hydroxylation is 2. The molecule has 0 aliphatic heterocycles. The molecular weight excluding hydrogens is 228 g/mol. The van der Waals surface area contributed by atoms with E-state index in [1.165, 1.54) is 0 Å². The summed E-state index contributed by atoms with van der Waals surface area (Å²) >= 11 is 0. The van der Waals surface area contributed by atoms with Crippen LogP contribution in [0.3, 0.4) is 0 Å². The summed E-state index contributed by atoms with van der Waals surface area (Å²) in [6.45, 7) is 3.93. The van der Waals surface area contributed by atoms with Gasteiger partial charge >= 0.3 is 5.97 Å². The summed E-state index contributed by atoms with van der Waals surface area (Å²) in [5, 5.41) is 10.1. The lowest BCUT2D eigenvalue weighted by Crippen LogP contribution is -1.98. The predicted molar refractivity (Wildman–Crippen MR) is 69.1 cm³/mol. The topological polar surface area (TPSA) is 54.6 Å². The van der Waals surface area contributed by atoms with Crippen molar-refractivity contribution in [2.45, 2.75) is 13.8 Å². The Labute approximate surface area is 104 Å². The van der Waals surface area contributed by atoms with Gasteiger partial charge in [0.25, 0.3) is 0 Å². The van der Waals surface area contributed by atoms with E-state index < -0.39 is 5.97 Å². The number of hydrogen-bond donors (Lipinski definition) is 1. The molecule has 90 valence electrons. The van der Waals surface area contributed by atoms with Crippen LogP contribution in [0.5, 0.6) is 0 Å². The Kier molecular flexibility index (Phi) is 2.13. The van der Waals surface area contributed by atoms with Crippen LogP contribution in [0.15, 0.2) is 30.5 Å². The molecule has 0 saturated carbocycles. The van der Waals surface area contributed by atoms with Crippen LogP contribution in [0, 0.1) is 13.8 Å². The summed E-state index contributed by atoms with van der Waals surface area (Å²) in [6, 6.07) is 7.19. The van der Waals surface area contributed by atoms with Gasteiger partial charge < -0.3 is 5.11 Å². The van der Waals surface area contributed by atoms with Crippen molar-refractivity contribution >= 4 is 22.5 Å².